The van der Waals surface area contributed by atoms with Gasteiger partial charge in [-0.25, -0.2) is 0 Å². The standard InChI is InChI=1S/C20H17IN2O/c21-17-12-13-18(20-16(17)10-6-14-22-20)23-19(24)11-5-4-9-15-7-2-1-3-8-15/h1-8,10,12-14H,9,11H2,(H,23,24)/b5-4-. The van der Waals surface area contributed by atoms with E-state index in [9.17, 15) is 4.79 Å². The van der Waals surface area contributed by atoms with E-state index in [1.54, 1.807) is 6.20 Å². The summed E-state index contributed by atoms with van der Waals surface area (Å²) < 4.78 is 1.12. The molecule has 3 rings (SSSR count). The highest BCUT2D eigenvalue weighted by Crippen LogP contribution is 2.25. The minimum atomic E-state index is -0.0347. The number of rotatable bonds is 5. The molecule has 1 amide bonds. The highest BCUT2D eigenvalue weighted by Gasteiger charge is 2.07. The summed E-state index contributed by atoms with van der Waals surface area (Å²) in [7, 11) is 0. The van der Waals surface area contributed by atoms with Gasteiger partial charge in [-0.2, -0.15) is 0 Å². The van der Waals surface area contributed by atoms with E-state index >= 15 is 0 Å². The number of nitrogens with zero attached hydrogens (tertiary/aromatic N) is 1. The van der Waals surface area contributed by atoms with E-state index in [1.807, 2.05) is 54.6 Å². The quantitative estimate of drug-likeness (QED) is 0.461. The molecule has 24 heavy (non-hydrogen) atoms. The largest absolute Gasteiger partial charge is 0.324 e. The van der Waals surface area contributed by atoms with Crippen LogP contribution in [-0.4, -0.2) is 10.9 Å². The van der Waals surface area contributed by atoms with Gasteiger partial charge in [0.25, 0.3) is 0 Å². The Hall–Kier alpha value is -2.21. The molecule has 3 aromatic rings. The molecule has 120 valence electrons. The second-order valence-corrected chi connectivity index (χ2v) is 6.57. The number of hydrogen-bond donors (Lipinski definition) is 1. The van der Waals surface area contributed by atoms with Crippen LogP contribution >= 0.6 is 22.6 Å². The number of halogens is 1. The second kappa shape index (κ2) is 8.06. The fraction of sp³-hybridized carbons (Fsp3) is 0.100. The first kappa shape index (κ1) is 16.6. The molecule has 0 spiro atoms. The maximum Gasteiger partial charge on any atom is 0.228 e. The monoisotopic (exact) mass is 428 g/mol. The smallest absolute Gasteiger partial charge is 0.228 e. The van der Waals surface area contributed by atoms with Gasteiger partial charge in [-0.3, -0.25) is 9.78 Å². The van der Waals surface area contributed by atoms with E-state index < -0.39 is 0 Å². The lowest BCUT2D eigenvalue weighted by molar-refractivity contribution is -0.115. The number of carbonyl (C=O) groups is 1. The number of amides is 1. The Labute approximate surface area is 154 Å². The minimum absolute atomic E-state index is 0.0347. The first-order valence-corrected chi connectivity index (χ1v) is 8.84. The third-order valence-electron chi connectivity index (χ3n) is 3.66. The molecule has 0 aliphatic carbocycles. The minimum Gasteiger partial charge on any atom is -0.324 e. The van der Waals surface area contributed by atoms with Crippen molar-refractivity contribution in [2.75, 3.05) is 5.32 Å². The molecule has 0 atom stereocenters. The van der Waals surface area contributed by atoms with Gasteiger partial charge in [0.05, 0.1) is 11.2 Å². The summed E-state index contributed by atoms with van der Waals surface area (Å²) in [4.78, 5) is 16.6. The molecule has 0 aliphatic heterocycles. The highest BCUT2D eigenvalue weighted by molar-refractivity contribution is 14.1. The molecule has 4 heteroatoms. The molecule has 1 heterocycles. The van der Waals surface area contributed by atoms with Crippen LogP contribution < -0.4 is 5.32 Å². The van der Waals surface area contributed by atoms with Gasteiger partial charge in [0.2, 0.25) is 5.91 Å². The number of carbonyl (C=O) groups excluding carboxylic acids is 1. The zero-order valence-electron chi connectivity index (χ0n) is 13.1. The van der Waals surface area contributed by atoms with Crippen molar-refractivity contribution in [2.24, 2.45) is 0 Å². The third-order valence-corrected chi connectivity index (χ3v) is 4.60. The lowest BCUT2D eigenvalue weighted by atomic mass is 10.1. The molecular formula is C20H17IN2O. The van der Waals surface area contributed by atoms with E-state index in [2.05, 4.69) is 45.0 Å². The average Bonchev–Trinajstić information content (AvgIpc) is 2.62. The maximum absolute atomic E-state index is 12.2. The molecular weight excluding hydrogens is 411 g/mol. The first-order chi connectivity index (χ1) is 11.7. The zero-order chi connectivity index (χ0) is 16.8. The Morgan fingerprint density at radius 2 is 1.88 bits per heavy atom. The van der Waals surface area contributed by atoms with E-state index in [-0.39, 0.29) is 5.91 Å². The van der Waals surface area contributed by atoms with Crippen LogP contribution in [0.25, 0.3) is 10.9 Å². The summed E-state index contributed by atoms with van der Waals surface area (Å²) >= 11 is 2.28. The van der Waals surface area contributed by atoms with Gasteiger partial charge < -0.3 is 5.32 Å². The number of anilines is 1. The van der Waals surface area contributed by atoms with Gasteiger partial charge in [-0.1, -0.05) is 48.6 Å². The number of pyridine rings is 1. The van der Waals surface area contributed by atoms with Gasteiger partial charge in [0, 0.05) is 21.6 Å². The molecule has 0 radical (unpaired) electrons. The van der Waals surface area contributed by atoms with Gasteiger partial charge in [0.15, 0.2) is 0 Å². The average molecular weight is 428 g/mol. The molecule has 0 aliphatic rings. The van der Waals surface area contributed by atoms with E-state index in [0.29, 0.717) is 6.42 Å². The third kappa shape index (κ3) is 4.20. The lowest BCUT2D eigenvalue weighted by Gasteiger charge is -2.08. The highest BCUT2D eigenvalue weighted by atomic mass is 127. The maximum atomic E-state index is 12.2. The Balaban J connectivity index is 1.62. The summed E-state index contributed by atoms with van der Waals surface area (Å²) in [6, 6.07) is 18.0. The van der Waals surface area contributed by atoms with Crippen LogP contribution in [0.2, 0.25) is 0 Å². The number of fused-ring (bicyclic) bond motifs is 1. The van der Waals surface area contributed by atoms with Crippen LogP contribution in [0.4, 0.5) is 5.69 Å². The van der Waals surface area contributed by atoms with E-state index in [4.69, 9.17) is 0 Å². The Bertz CT molecular complexity index is 875. The Kier molecular flexibility index (Phi) is 5.59. The van der Waals surface area contributed by atoms with Crippen LogP contribution in [0.3, 0.4) is 0 Å². The molecule has 0 bridgehead atoms. The fourth-order valence-corrected chi connectivity index (χ4v) is 3.08. The van der Waals surface area contributed by atoms with Crippen molar-refractivity contribution in [2.45, 2.75) is 12.8 Å². The normalized spacial score (nSPS) is 11.0. The number of aromatic nitrogens is 1. The summed E-state index contributed by atoms with van der Waals surface area (Å²) in [5.41, 5.74) is 2.82. The van der Waals surface area contributed by atoms with Crippen LogP contribution in [-0.2, 0) is 11.2 Å². The topological polar surface area (TPSA) is 42.0 Å². The van der Waals surface area contributed by atoms with Crippen molar-refractivity contribution >= 4 is 45.1 Å². The number of nitrogens with one attached hydrogen (secondary N) is 1. The van der Waals surface area contributed by atoms with E-state index in [1.165, 1.54) is 5.56 Å². The second-order valence-electron chi connectivity index (χ2n) is 5.41. The summed E-state index contributed by atoms with van der Waals surface area (Å²) in [5, 5.41) is 4.01. The van der Waals surface area contributed by atoms with Crippen molar-refractivity contribution in [1.29, 1.82) is 0 Å². The summed E-state index contributed by atoms with van der Waals surface area (Å²) in [5.74, 6) is -0.0347. The van der Waals surface area contributed by atoms with Crippen LogP contribution in [0.5, 0.6) is 0 Å². The summed E-state index contributed by atoms with van der Waals surface area (Å²) in [6.45, 7) is 0. The lowest BCUT2D eigenvalue weighted by Crippen LogP contribution is -2.10. The SMILES string of the molecule is O=C(C/C=C\Cc1ccccc1)Nc1ccc(I)c2cccnc12. The van der Waals surface area contributed by atoms with Crippen molar-refractivity contribution in [3.63, 3.8) is 0 Å². The molecule has 2 aromatic carbocycles. The van der Waals surface area contributed by atoms with Gasteiger partial charge in [-0.05, 0) is 52.8 Å². The van der Waals surface area contributed by atoms with Crippen molar-refractivity contribution < 1.29 is 4.79 Å². The van der Waals surface area contributed by atoms with Crippen LogP contribution in [0, 0.1) is 3.57 Å². The Morgan fingerprint density at radius 3 is 2.71 bits per heavy atom. The van der Waals surface area contributed by atoms with Crippen LogP contribution in [0.15, 0.2) is 72.9 Å². The predicted octanol–water partition coefficient (Wildman–Crippen LogP) is 4.97. The number of allylic oxidation sites excluding steroid dienone is 1. The molecule has 0 unspecified atom stereocenters. The zero-order valence-corrected chi connectivity index (χ0v) is 15.2. The van der Waals surface area contributed by atoms with E-state index in [0.717, 1.165) is 26.6 Å². The molecule has 0 saturated carbocycles. The Morgan fingerprint density at radius 1 is 1.04 bits per heavy atom. The summed E-state index contributed by atoms with van der Waals surface area (Å²) in [6.07, 6.45) is 6.87. The molecule has 1 N–H and O–H groups in total. The van der Waals surface area contributed by atoms with Crippen molar-refractivity contribution in [3.05, 3.63) is 82.1 Å². The number of hydrogen-bond acceptors (Lipinski definition) is 2. The van der Waals surface area contributed by atoms with Crippen LogP contribution in [0.1, 0.15) is 12.0 Å². The fourth-order valence-electron chi connectivity index (χ4n) is 2.46. The first-order valence-electron chi connectivity index (χ1n) is 7.76. The van der Waals surface area contributed by atoms with Gasteiger partial charge in [0.1, 0.15) is 0 Å². The molecule has 3 nitrogen and oxygen atoms in total. The molecule has 0 saturated heterocycles. The molecule has 1 aromatic heterocycles. The van der Waals surface area contributed by atoms with Gasteiger partial charge in [-0.15, -0.1) is 0 Å². The predicted molar refractivity (Wildman–Crippen MR) is 107 cm³/mol. The van der Waals surface area contributed by atoms with Crippen molar-refractivity contribution in [1.82, 2.24) is 4.98 Å². The molecule has 0 fully saturated rings. The number of benzene rings is 2. The van der Waals surface area contributed by atoms with Crippen molar-refractivity contribution in [3.8, 4) is 0 Å². The van der Waals surface area contributed by atoms with Gasteiger partial charge >= 0.3 is 0 Å².